The number of aliphatic carboxylic acids is 7. The van der Waals surface area contributed by atoms with Crippen molar-refractivity contribution in [1.29, 1.82) is 0 Å². The average molecular weight is 630 g/mol. The highest BCUT2D eigenvalue weighted by Crippen LogP contribution is 2.45. The van der Waals surface area contributed by atoms with Crippen LogP contribution in [0.15, 0.2) is 35.2 Å². The largest absolute Gasteiger partial charge is 0.481 e. The SMILES string of the molecule is O=C(O)C(O)C(O)C(=O)O.O=C(O)C1(C(=O)O)CC1.O=C(O)CC(O)(CC(=O)O)C(=O)O.O=S(=O)(O)c1ccccc1. The number of aliphatic hydroxyl groups is 3. The summed E-state index contributed by atoms with van der Waals surface area (Å²) >= 11 is 0. The van der Waals surface area contributed by atoms with E-state index in [1.807, 2.05) is 0 Å². The molecule has 1 aliphatic carbocycles. The third-order valence-corrected chi connectivity index (χ3v) is 5.57. The summed E-state index contributed by atoms with van der Waals surface area (Å²) in [6.45, 7) is 0. The Kier molecular flexibility index (Phi) is 15.5. The van der Waals surface area contributed by atoms with Gasteiger partial charge in [0, 0.05) is 0 Å². The summed E-state index contributed by atoms with van der Waals surface area (Å²) in [5, 5.41) is 82.9. The second-order valence-electron chi connectivity index (χ2n) is 8.02. The molecule has 2 unspecified atom stereocenters. The zero-order valence-corrected chi connectivity index (χ0v) is 21.7. The zero-order valence-electron chi connectivity index (χ0n) is 20.9. The van der Waals surface area contributed by atoms with Gasteiger partial charge in [0.15, 0.2) is 23.2 Å². The Morgan fingerprint density at radius 3 is 1.19 bits per heavy atom. The van der Waals surface area contributed by atoms with E-state index in [0.29, 0.717) is 0 Å². The van der Waals surface area contributed by atoms with Crippen LogP contribution in [0.25, 0.3) is 0 Å². The molecular formula is C21H26O20S. The van der Waals surface area contributed by atoms with Gasteiger partial charge in [-0.15, -0.1) is 0 Å². The molecule has 0 aromatic heterocycles. The lowest BCUT2D eigenvalue weighted by atomic mass is 9.96. The molecule has 0 bridgehead atoms. The van der Waals surface area contributed by atoms with Crippen molar-refractivity contribution in [3.05, 3.63) is 30.3 Å². The van der Waals surface area contributed by atoms with Crippen molar-refractivity contribution in [2.24, 2.45) is 5.41 Å². The third kappa shape index (κ3) is 14.1. The topological polar surface area (TPSA) is 376 Å². The van der Waals surface area contributed by atoms with Crippen LogP contribution < -0.4 is 0 Å². The maximum atomic E-state index is 10.4. The number of carboxylic acids is 7. The van der Waals surface area contributed by atoms with Gasteiger partial charge in [-0.25, -0.2) is 14.4 Å². The smallest absolute Gasteiger partial charge is 0.336 e. The van der Waals surface area contributed by atoms with E-state index in [-0.39, 0.29) is 17.7 Å². The number of rotatable bonds is 11. The van der Waals surface area contributed by atoms with E-state index >= 15 is 0 Å². The number of carboxylic acid groups (broad SMARTS) is 7. The molecule has 0 radical (unpaired) electrons. The Morgan fingerprint density at radius 1 is 0.714 bits per heavy atom. The van der Waals surface area contributed by atoms with Crippen molar-refractivity contribution < 1.29 is 97.6 Å². The molecule has 0 aliphatic heterocycles. The summed E-state index contributed by atoms with van der Waals surface area (Å²) in [7, 11) is -4.00. The summed E-state index contributed by atoms with van der Waals surface area (Å²) in [6, 6.07) is 7.42. The molecule has 20 nitrogen and oxygen atoms in total. The molecule has 21 heteroatoms. The lowest BCUT2D eigenvalue weighted by Gasteiger charge is -2.18. The molecule has 42 heavy (non-hydrogen) atoms. The maximum absolute atomic E-state index is 10.4. The van der Waals surface area contributed by atoms with Gasteiger partial charge in [0.2, 0.25) is 0 Å². The minimum atomic E-state index is -4.00. The first kappa shape index (κ1) is 39.4. The predicted molar refractivity (Wildman–Crippen MR) is 128 cm³/mol. The fourth-order valence-corrected chi connectivity index (χ4v) is 2.72. The number of aliphatic hydroxyl groups excluding tert-OH is 2. The summed E-state index contributed by atoms with van der Waals surface area (Å²) in [5.41, 5.74) is -4.16. The molecular weight excluding hydrogens is 604 g/mol. The van der Waals surface area contributed by atoms with Gasteiger partial charge in [-0.1, -0.05) is 18.2 Å². The standard InChI is InChI=1S/C6H8O7.C6H6O3S.C5H6O4.C4H6O6/c7-3(8)1-6(13,5(11)12)2-4(9)10;7-10(8,9)6-4-2-1-3-5-6;6-3(7)5(1-2-5)4(8)9;5-1(3(7)8)2(6)4(9)10/h13H,1-2H2,(H,7,8)(H,9,10)(H,11,12);1-5H,(H,7,8,9);1-2H2,(H,6,7)(H,8,9);1-2,5-6H,(H,7,8)(H,9,10). The Balaban J connectivity index is 0. The fraction of sp³-hybridized carbons (Fsp3) is 0.381. The fourth-order valence-electron chi connectivity index (χ4n) is 2.22. The van der Waals surface area contributed by atoms with Crippen molar-refractivity contribution in [3.63, 3.8) is 0 Å². The third-order valence-electron chi connectivity index (χ3n) is 4.70. The Morgan fingerprint density at radius 2 is 1.05 bits per heavy atom. The Bertz CT molecular complexity index is 1200. The van der Waals surface area contributed by atoms with Crippen LogP contribution in [0, 0.1) is 5.41 Å². The van der Waals surface area contributed by atoms with E-state index in [1.54, 1.807) is 18.2 Å². The molecule has 1 aromatic carbocycles. The van der Waals surface area contributed by atoms with Gasteiger partial charge in [0.1, 0.15) is 0 Å². The lowest BCUT2D eigenvalue weighted by molar-refractivity contribution is -0.170. The highest BCUT2D eigenvalue weighted by Gasteiger charge is 2.57. The first-order valence-corrected chi connectivity index (χ1v) is 12.1. The molecule has 1 fully saturated rings. The van der Waals surface area contributed by atoms with Gasteiger partial charge in [-0.3, -0.25) is 23.7 Å². The Hall–Kier alpha value is -4.70. The van der Waals surface area contributed by atoms with Crippen LogP contribution in [0.1, 0.15) is 25.7 Å². The van der Waals surface area contributed by atoms with Gasteiger partial charge >= 0.3 is 41.8 Å². The maximum Gasteiger partial charge on any atom is 0.336 e. The number of hydrogen-bond donors (Lipinski definition) is 11. The number of benzene rings is 1. The first-order chi connectivity index (χ1) is 18.9. The van der Waals surface area contributed by atoms with Crippen LogP contribution in [0.3, 0.4) is 0 Å². The first-order valence-electron chi connectivity index (χ1n) is 10.6. The van der Waals surface area contributed by atoms with Gasteiger partial charge in [-0.05, 0) is 25.0 Å². The quantitative estimate of drug-likeness (QED) is 0.0888. The van der Waals surface area contributed by atoms with Crippen molar-refractivity contribution in [3.8, 4) is 0 Å². The molecule has 0 heterocycles. The van der Waals surface area contributed by atoms with Crippen LogP contribution in [-0.4, -0.2) is 124 Å². The minimum Gasteiger partial charge on any atom is -0.481 e. The highest BCUT2D eigenvalue weighted by atomic mass is 32.2. The van der Waals surface area contributed by atoms with Crippen LogP contribution in [0.4, 0.5) is 0 Å². The molecule has 0 spiro atoms. The molecule has 0 saturated heterocycles. The normalized spacial score (nSPS) is 14.3. The van der Waals surface area contributed by atoms with Crippen molar-refractivity contribution in [2.75, 3.05) is 0 Å². The summed E-state index contributed by atoms with van der Waals surface area (Å²) in [6.07, 6.45) is -6.27. The molecule has 1 saturated carbocycles. The minimum absolute atomic E-state index is 0.0741. The van der Waals surface area contributed by atoms with Crippen LogP contribution in [-0.2, 0) is 43.7 Å². The summed E-state index contributed by atoms with van der Waals surface area (Å²) in [5.74, 6) is -11.0. The van der Waals surface area contributed by atoms with E-state index in [2.05, 4.69) is 0 Å². The summed E-state index contributed by atoms with van der Waals surface area (Å²) < 4.78 is 29.2. The highest BCUT2D eigenvalue weighted by molar-refractivity contribution is 7.85. The Labute approximate surface area is 234 Å². The van der Waals surface area contributed by atoms with Gasteiger partial charge in [0.05, 0.1) is 17.7 Å². The molecule has 1 aliphatic rings. The van der Waals surface area contributed by atoms with E-state index < -0.39 is 88.0 Å². The van der Waals surface area contributed by atoms with E-state index in [4.69, 9.17) is 55.6 Å². The molecule has 2 atom stereocenters. The van der Waals surface area contributed by atoms with Gasteiger partial charge < -0.3 is 51.1 Å². The number of carbonyl (C=O) groups is 7. The molecule has 2 rings (SSSR count). The average Bonchev–Trinajstić information content (AvgIpc) is 3.66. The van der Waals surface area contributed by atoms with Crippen molar-refractivity contribution in [1.82, 2.24) is 0 Å². The van der Waals surface area contributed by atoms with E-state index in [9.17, 15) is 42.0 Å². The second kappa shape index (κ2) is 16.5. The molecule has 1 aromatic rings. The lowest BCUT2D eigenvalue weighted by Crippen LogP contribution is -2.42. The summed E-state index contributed by atoms with van der Waals surface area (Å²) in [4.78, 5) is 70.2. The van der Waals surface area contributed by atoms with Crippen LogP contribution in [0.5, 0.6) is 0 Å². The van der Waals surface area contributed by atoms with E-state index in [0.717, 1.165) is 0 Å². The van der Waals surface area contributed by atoms with Crippen LogP contribution >= 0.6 is 0 Å². The monoisotopic (exact) mass is 630 g/mol. The predicted octanol–water partition coefficient (Wildman–Crippen LogP) is -2.50. The molecule has 11 N–H and O–H groups in total. The number of hydrogen-bond acceptors (Lipinski definition) is 12. The van der Waals surface area contributed by atoms with Gasteiger partial charge in [0.25, 0.3) is 10.1 Å². The van der Waals surface area contributed by atoms with E-state index in [1.165, 1.54) is 12.1 Å². The zero-order chi connectivity index (χ0) is 33.6. The molecule has 0 amide bonds. The second-order valence-corrected chi connectivity index (χ2v) is 9.45. The van der Waals surface area contributed by atoms with Crippen molar-refractivity contribution >= 4 is 51.9 Å². The van der Waals surface area contributed by atoms with Gasteiger partial charge in [-0.2, -0.15) is 8.42 Å². The molecule has 236 valence electrons. The van der Waals surface area contributed by atoms with Crippen molar-refractivity contribution in [2.45, 2.75) is 48.4 Å². The van der Waals surface area contributed by atoms with Crippen LogP contribution in [0.2, 0.25) is 0 Å².